The Morgan fingerprint density at radius 1 is 1.15 bits per heavy atom. The van der Waals surface area contributed by atoms with E-state index in [2.05, 4.69) is 15.3 Å². The summed E-state index contributed by atoms with van der Waals surface area (Å²) in [6.07, 6.45) is 7.34. The number of hydrogen-bond donors (Lipinski definition) is 0. The summed E-state index contributed by atoms with van der Waals surface area (Å²) in [5.74, 6) is 3.10. The zero-order chi connectivity index (χ0) is 18.1. The summed E-state index contributed by atoms with van der Waals surface area (Å²) >= 11 is 0. The van der Waals surface area contributed by atoms with Gasteiger partial charge in [0, 0.05) is 36.9 Å². The number of amides is 1. The minimum absolute atomic E-state index is 0.222. The minimum Gasteiger partial charge on any atom is -0.361 e. The van der Waals surface area contributed by atoms with Crippen molar-refractivity contribution in [2.45, 2.75) is 77.2 Å². The van der Waals surface area contributed by atoms with Crippen molar-refractivity contribution in [1.29, 1.82) is 0 Å². The minimum atomic E-state index is 0.222. The van der Waals surface area contributed by atoms with E-state index in [0.717, 1.165) is 73.8 Å². The first-order valence-corrected chi connectivity index (χ1v) is 9.65. The Morgan fingerprint density at radius 3 is 2.73 bits per heavy atom. The van der Waals surface area contributed by atoms with Gasteiger partial charge in [0.25, 0.3) is 0 Å². The number of nitrogens with zero attached hydrogens (tertiary/aromatic N) is 4. The number of aromatic nitrogens is 3. The first-order chi connectivity index (χ1) is 12.6. The predicted molar refractivity (Wildman–Crippen MR) is 93.6 cm³/mol. The molecule has 4 rings (SSSR count). The van der Waals surface area contributed by atoms with Crippen LogP contribution in [0.2, 0.25) is 0 Å². The molecule has 0 spiro atoms. The van der Waals surface area contributed by atoms with E-state index < -0.39 is 0 Å². The molecule has 7 nitrogen and oxygen atoms in total. The molecule has 1 saturated carbocycles. The second kappa shape index (κ2) is 7.21. The molecule has 1 atom stereocenters. The smallest absolute Gasteiger partial charge is 0.229 e. The molecule has 0 aromatic carbocycles. The highest BCUT2D eigenvalue weighted by atomic mass is 16.5. The van der Waals surface area contributed by atoms with Crippen molar-refractivity contribution in [1.82, 2.24) is 20.2 Å². The molecule has 0 bridgehead atoms. The maximum Gasteiger partial charge on any atom is 0.229 e. The van der Waals surface area contributed by atoms with E-state index in [4.69, 9.17) is 9.05 Å². The maximum absolute atomic E-state index is 12.7. The summed E-state index contributed by atoms with van der Waals surface area (Å²) < 4.78 is 10.5. The van der Waals surface area contributed by atoms with E-state index in [9.17, 15) is 4.79 Å². The lowest BCUT2D eigenvalue weighted by atomic mass is 10.1. The summed E-state index contributed by atoms with van der Waals surface area (Å²) in [6, 6.07) is 0.287. The Bertz CT molecular complexity index is 758. The van der Waals surface area contributed by atoms with Gasteiger partial charge in [-0.15, -0.1) is 0 Å². The lowest BCUT2D eigenvalue weighted by molar-refractivity contribution is -0.132. The number of aryl methyl sites for hydroxylation is 3. The second-order valence-corrected chi connectivity index (χ2v) is 7.55. The maximum atomic E-state index is 12.7. The van der Waals surface area contributed by atoms with E-state index in [1.165, 1.54) is 0 Å². The van der Waals surface area contributed by atoms with Crippen molar-refractivity contribution in [3.63, 3.8) is 0 Å². The van der Waals surface area contributed by atoms with Gasteiger partial charge in [-0.3, -0.25) is 4.79 Å². The molecule has 1 aliphatic carbocycles. The Labute approximate surface area is 153 Å². The molecule has 0 radical (unpaired) electrons. The zero-order valence-electron chi connectivity index (χ0n) is 15.5. The van der Waals surface area contributed by atoms with Crippen LogP contribution >= 0.6 is 0 Å². The molecule has 1 saturated heterocycles. The van der Waals surface area contributed by atoms with E-state index in [-0.39, 0.29) is 11.9 Å². The van der Waals surface area contributed by atoms with Gasteiger partial charge in [0.2, 0.25) is 11.8 Å². The molecule has 26 heavy (non-hydrogen) atoms. The molecule has 2 fully saturated rings. The largest absolute Gasteiger partial charge is 0.361 e. The molecular weight excluding hydrogens is 332 g/mol. The lowest BCUT2D eigenvalue weighted by Gasteiger charge is -2.24. The molecule has 2 aliphatic rings. The highest BCUT2D eigenvalue weighted by Crippen LogP contribution is 2.38. The van der Waals surface area contributed by atoms with Gasteiger partial charge in [0.1, 0.15) is 5.76 Å². The Balaban J connectivity index is 1.29. The summed E-state index contributed by atoms with van der Waals surface area (Å²) in [7, 11) is 0. The van der Waals surface area contributed by atoms with Crippen LogP contribution in [0.25, 0.3) is 0 Å². The normalized spacial score (nSPS) is 20.1. The van der Waals surface area contributed by atoms with Gasteiger partial charge in [-0.25, -0.2) is 0 Å². The third kappa shape index (κ3) is 3.66. The van der Waals surface area contributed by atoms with Gasteiger partial charge in [-0.05, 0) is 52.4 Å². The van der Waals surface area contributed by atoms with E-state index in [0.29, 0.717) is 18.8 Å². The van der Waals surface area contributed by atoms with Crippen molar-refractivity contribution in [2.24, 2.45) is 0 Å². The third-order valence-electron chi connectivity index (χ3n) is 5.58. The predicted octanol–water partition coefficient (Wildman–Crippen LogP) is 3.11. The van der Waals surface area contributed by atoms with Crippen LogP contribution in [-0.2, 0) is 17.6 Å². The van der Waals surface area contributed by atoms with Crippen molar-refractivity contribution in [3.8, 4) is 0 Å². The summed E-state index contributed by atoms with van der Waals surface area (Å²) in [6.45, 7) is 4.68. The van der Waals surface area contributed by atoms with Gasteiger partial charge >= 0.3 is 0 Å². The van der Waals surface area contributed by atoms with Crippen LogP contribution in [0.4, 0.5) is 0 Å². The lowest BCUT2D eigenvalue weighted by Crippen LogP contribution is -2.36. The number of rotatable bonds is 7. The molecule has 3 heterocycles. The summed E-state index contributed by atoms with van der Waals surface area (Å²) in [5, 5.41) is 8.06. The first kappa shape index (κ1) is 17.2. The number of hydrogen-bond acceptors (Lipinski definition) is 6. The van der Waals surface area contributed by atoms with Gasteiger partial charge in [0.15, 0.2) is 5.82 Å². The van der Waals surface area contributed by atoms with Gasteiger partial charge in [-0.1, -0.05) is 10.3 Å². The van der Waals surface area contributed by atoms with Crippen molar-refractivity contribution < 1.29 is 13.8 Å². The van der Waals surface area contributed by atoms with Gasteiger partial charge in [0.05, 0.1) is 5.69 Å². The average molecular weight is 358 g/mol. The van der Waals surface area contributed by atoms with Gasteiger partial charge < -0.3 is 13.9 Å². The monoisotopic (exact) mass is 358 g/mol. The van der Waals surface area contributed by atoms with E-state index in [1.54, 1.807) is 0 Å². The summed E-state index contributed by atoms with van der Waals surface area (Å²) in [4.78, 5) is 19.2. The van der Waals surface area contributed by atoms with Crippen LogP contribution in [0.15, 0.2) is 9.05 Å². The van der Waals surface area contributed by atoms with Crippen LogP contribution < -0.4 is 0 Å². The fourth-order valence-electron chi connectivity index (χ4n) is 3.86. The molecule has 2 aromatic heterocycles. The molecule has 140 valence electrons. The molecule has 0 N–H and O–H groups in total. The summed E-state index contributed by atoms with van der Waals surface area (Å²) in [5.41, 5.74) is 1.95. The second-order valence-electron chi connectivity index (χ2n) is 7.55. The quantitative estimate of drug-likeness (QED) is 0.756. The fourth-order valence-corrected chi connectivity index (χ4v) is 3.86. The Hall–Kier alpha value is -2.18. The highest BCUT2D eigenvalue weighted by Gasteiger charge is 2.31. The molecule has 2 aromatic rings. The molecule has 7 heteroatoms. The van der Waals surface area contributed by atoms with Crippen molar-refractivity contribution >= 4 is 5.91 Å². The van der Waals surface area contributed by atoms with Crippen LogP contribution in [0.5, 0.6) is 0 Å². The number of carbonyl (C=O) groups excluding carboxylic acids is 1. The Kier molecular flexibility index (Phi) is 4.78. The molecule has 1 aliphatic heterocycles. The topological polar surface area (TPSA) is 85.3 Å². The van der Waals surface area contributed by atoms with Crippen molar-refractivity contribution in [3.05, 3.63) is 28.7 Å². The standard InChI is InChI=1S/C19H26N4O3/c1-12-16(13(2)25-21-12)8-10-18(24)23-11-3-4-15(23)7-9-17-20-19(26-22-17)14-5-6-14/h14-15H,3-11H2,1-2H3. The number of carbonyl (C=O) groups is 1. The Morgan fingerprint density at radius 2 is 2.00 bits per heavy atom. The molecule has 1 amide bonds. The van der Waals surface area contributed by atoms with Crippen molar-refractivity contribution in [2.75, 3.05) is 6.54 Å². The van der Waals surface area contributed by atoms with Gasteiger partial charge in [-0.2, -0.15) is 4.98 Å². The zero-order valence-corrected chi connectivity index (χ0v) is 15.5. The van der Waals surface area contributed by atoms with E-state index >= 15 is 0 Å². The fraction of sp³-hybridized carbons (Fsp3) is 0.684. The first-order valence-electron chi connectivity index (χ1n) is 9.65. The SMILES string of the molecule is Cc1noc(C)c1CCC(=O)N1CCCC1CCc1noc(C2CC2)n1. The molecular formula is C19H26N4O3. The third-order valence-corrected chi connectivity index (χ3v) is 5.58. The highest BCUT2D eigenvalue weighted by molar-refractivity contribution is 5.77. The molecule has 1 unspecified atom stereocenters. The number of likely N-dealkylation sites (tertiary alicyclic amines) is 1. The van der Waals surface area contributed by atoms with E-state index in [1.807, 2.05) is 18.7 Å². The average Bonchev–Trinajstić information content (AvgIpc) is 3.05. The van der Waals surface area contributed by atoms with Crippen LogP contribution in [0, 0.1) is 13.8 Å². The van der Waals surface area contributed by atoms with Crippen LogP contribution in [0.3, 0.4) is 0 Å². The van der Waals surface area contributed by atoms with Crippen LogP contribution in [-0.4, -0.2) is 38.7 Å². The van der Waals surface area contributed by atoms with Crippen LogP contribution in [0.1, 0.15) is 73.2 Å².